The van der Waals surface area contributed by atoms with E-state index in [4.69, 9.17) is 15.0 Å². The van der Waals surface area contributed by atoms with E-state index in [2.05, 4.69) is 203 Å². The average Bonchev–Trinajstić information content (AvgIpc) is 4.01. The zero-order valence-corrected chi connectivity index (χ0v) is 34.7. The molecule has 13 aromatic rings. The SMILES string of the molecule is c1ccc(-c2cc(-c3nc(-c4ccccc4)nc(-c4ccc5c(c4)sc4ccccc45)n3)cc(-n3c4ccccc4c4ccc(-n5c6ccccc6c6ccccc65)cc43)c2)cc1. The van der Waals surface area contributed by atoms with Crippen LogP contribution in [0.5, 0.6) is 0 Å². The first-order valence-corrected chi connectivity index (χ1v) is 22.0. The highest BCUT2D eigenvalue weighted by Crippen LogP contribution is 2.40. The topological polar surface area (TPSA) is 48.5 Å². The summed E-state index contributed by atoms with van der Waals surface area (Å²) in [6.07, 6.45) is 0. The van der Waals surface area contributed by atoms with Crippen LogP contribution in [0.3, 0.4) is 0 Å². The van der Waals surface area contributed by atoms with Crippen LogP contribution in [0.1, 0.15) is 0 Å². The number of nitrogens with zero attached hydrogens (tertiary/aromatic N) is 5. The molecule has 0 bridgehead atoms. The first-order chi connectivity index (χ1) is 31.2. The number of aromatic nitrogens is 5. The fourth-order valence-corrected chi connectivity index (χ4v) is 10.6. The lowest BCUT2D eigenvalue weighted by atomic mass is 10.0. The van der Waals surface area contributed by atoms with Gasteiger partial charge in [0.25, 0.3) is 0 Å². The predicted molar refractivity (Wildman–Crippen MR) is 263 cm³/mol. The minimum atomic E-state index is 0.612. The quantitative estimate of drug-likeness (QED) is 0.168. The molecule has 0 fully saturated rings. The number of thiophene rings is 1. The van der Waals surface area contributed by atoms with Gasteiger partial charge in [-0.25, -0.2) is 15.0 Å². The molecule has 63 heavy (non-hydrogen) atoms. The van der Waals surface area contributed by atoms with Crippen molar-refractivity contribution in [2.45, 2.75) is 0 Å². The molecule has 4 aromatic heterocycles. The molecule has 0 saturated carbocycles. The van der Waals surface area contributed by atoms with E-state index in [9.17, 15) is 0 Å². The van der Waals surface area contributed by atoms with Crippen LogP contribution in [-0.2, 0) is 0 Å². The van der Waals surface area contributed by atoms with Crippen molar-refractivity contribution in [1.29, 1.82) is 0 Å². The second-order valence-electron chi connectivity index (χ2n) is 16.0. The molecule has 4 heterocycles. The number of fused-ring (bicyclic) bond motifs is 9. The Kier molecular flexibility index (Phi) is 8.01. The molecule has 0 saturated heterocycles. The highest BCUT2D eigenvalue weighted by molar-refractivity contribution is 7.25. The van der Waals surface area contributed by atoms with E-state index in [1.54, 1.807) is 11.3 Å². The van der Waals surface area contributed by atoms with Gasteiger partial charge in [0.15, 0.2) is 17.5 Å². The molecule has 0 aliphatic rings. The molecule has 6 heteroatoms. The largest absolute Gasteiger partial charge is 0.309 e. The van der Waals surface area contributed by atoms with Gasteiger partial charge in [0, 0.05) is 69.8 Å². The van der Waals surface area contributed by atoms with E-state index >= 15 is 0 Å². The van der Waals surface area contributed by atoms with Crippen LogP contribution in [-0.4, -0.2) is 24.1 Å². The Hall–Kier alpha value is -8.19. The summed E-state index contributed by atoms with van der Waals surface area (Å²) in [7, 11) is 0. The number of hydrogen-bond acceptors (Lipinski definition) is 4. The lowest BCUT2D eigenvalue weighted by Gasteiger charge is -2.15. The van der Waals surface area contributed by atoms with Crippen molar-refractivity contribution in [2.24, 2.45) is 0 Å². The number of rotatable bonds is 6. The van der Waals surface area contributed by atoms with E-state index in [1.807, 2.05) is 18.2 Å². The summed E-state index contributed by atoms with van der Waals surface area (Å²) >= 11 is 1.80. The average molecular weight is 822 g/mol. The Bertz CT molecular complexity index is 3860. The van der Waals surface area contributed by atoms with Gasteiger partial charge in [-0.2, -0.15) is 0 Å². The van der Waals surface area contributed by atoms with Gasteiger partial charge in [0.1, 0.15) is 0 Å². The second kappa shape index (κ2) is 14.2. The molecule has 0 aliphatic carbocycles. The van der Waals surface area contributed by atoms with Crippen molar-refractivity contribution in [3.8, 4) is 56.7 Å². The van der Waals surface area contributed by atoms with Gasteiger partial charge in [-0.15, -0.1) is 11.3 Å². The first kappa shape index (κ1) is 35.6. The van der Waals surface area contributed by atoms with E-state index in [-0.39, 0.29) is 0 Å². The second-order valence-corrected chi connectivity index (χ2v) is 17.1. The minimum absolute atomic E-state index is 0.612. The summed E-state index contributed by atoms with van der Waals surface area (Å²) in [6, 6.07) is 75.8. The van der Waals surface area contributed by atoms with Crippen LogP contribution in [0.25, 0.3) is 120 Å². The molecule has 0 amide bonds. The normalized spacial score (nSPS) is 11.8. The van der Waals surface area contributed by atoms with Crippen molar-refractivity contribution in [3.05, 3.63) is 212 Å². The van der Waals surface area contributed by atoms with Crippen molar-refractivity contribution in [1.82, 2.24) is 24.1 Å². The van der Waals surface area contributed by atoms with Gasteiger partial charge in [-0.3, -0.25) is 0 Å². The number of hydrogen-bond donors (Lipinski definition) is 0. The summed E-state index contributed by atoms with van der Waals surface area (Å²) in [4.78, 5) is 15.7. The maximum absolute atomic E-state index is 5.32. The van der Waals surface area contributed by atoms with E-state index < -0.39 is 0 Å². The van der Waals surface area contributed by atoms with Crippen LogP contribution < -0.4 is 0 Å². The fraction of sp³-hybridized carbons (Fsp3) is 0. The molecular formula is C57H35N5S. The van der Waals surface area contributed by atoms with Gasteiger partial charge in [-0.1, -0.05) is 152 Å². The Balaban J connectivity index is 1.06. The molecule has 5 nitrogen and oxygen atoms in total. The Morgan fingerprint density at radius 2 is 0.746 bits per heavy atom. The minimum Gasteiger partial charge on any atom is -0.309 e. The Morgan fingerprint density at radius 3 is 1.41 bits per heavy atom. The molecule has 13 rings (SSSR count). The Labute approximate surface area is 366 Å². The molecule has 0 radical (unpaired) electrons. The highest BCUT2D eigenvalue weighted by Gasteiger charge is 2.20. The molecule has 0 spiro atoms. The third-order valence-corrected chi connectivity index (χ3v) is 13.5. The maximum Gasteiger partial charge on any atom is 0.164 e. The summed E-state index contributed by atoms with van der Waals surface area (Å²) in [5, 5.41) is 7.37. The highest BCUT2D eigenvalue weighted by atomic mass is 32.1. The lowest BCUT2D eigenvalue weighted by molar-refractivity contribution is 1.07. The predicted octanol–water partition coefficient (Wildman–Crippen LogP) is 15.1. The molecule has 0 N–H and O–H groups in total. The van der Waals surface area contributed by atoms with Crippen molar-refractivity contribution < 1.29 is 0 Å². The van der Waals surface area contributed by atoms with Gasteiger partial charge in [0.2, 0.25) is 0 Å². The standard InChI is InChI=1S/C57H35N5S/c1-3-15-36(16-4-1)39-31-40(57-59-55(37-17-5-2-6-18-37)58-56(60-57)38-27-29-48-47-22-10-14-26-53(47)63-54(48)34-38)33-42(32-39)62-51-25-13-9-21-45(51)46-30-28-41(35-52(46)62)61-49-23-11-7-19-43(49)44-20-8-12-24-50(44)61/h1-35H. The van der Waals surface area contributed by atoms with Gasteiger partial charge >= 0.3 is 0 Å². The van der Waals surface area contributed by atoms with Gasteiger partial charge < -0.3 is 9.13 Å². The van der Waals surface area contributed by atoms with Gasteiger partial charge in [0.05, 0.1) is 22.1 Å². The third-order valence-electron chi connectivity index (χ3n) is 12.3. The van der Waals surface area contributed by atoms with E-state index in [1.165, 1.54) is 52.8 Å². The lowest BCUT2D eigenvalue weighted by Crippen LogP contribution is -2.02. The van der Waals surface area contributed by atoms with E-state index in [0.29, 0.717) is 17.5 Å². The first-order valence-electron chi connectivity index (χ1n) is 21.2. The molecule has 9 aromatic carbocycles. The molecular weight excluding hydrogens is 787 g/mol. The number of benzene rings is 9. The molecule has 0 unspecified atom stereocenters. The van der Waals surface area contributed by atoms with Crippen LogP contribution >= 0.6 is 11.3 Å². The van der Waals surface area contributed by atoms with Crippen LogP contribution in [0.15, 0.2) is 212 Å². The van der Waals surface area contributed by atoms with Crippen molar-refractivity contribution in [2.75, 3.05) is 0 Å². The zero-order chi connectivity index (χ0) is 41.4. The number of para-hydroxylation sites is 3. The summed E-state index contributed by atoms with van der Waals surface area (Å²) in [5.74, 6) is 1.88. The Morgan fingerprint density at radius 1 is 0.270 bits per heavy atom. The smallest absolute Gasteiger partial charge is 0.164 e. The zero-order valence-electron chi connectivity index (χ0n) is 33.9. The molecule has 0 aliphatic heterocycles. The van der Waals surface area contributed by atoms with Crippen LogP contribution in [0, 0.1) is 0 Å². The molecule has 294 valence electrons. The maximum atomic E-state index is 5.32. The van der Waals surface area contributed by atoms with Crippen LogP contribution in [0.2, 0.25) is 0 Å². The van der Waals surface area contributed by atoms with Crippen molar-refractivity contribution >= 4 is 75.1 Å². The monoisotopic (exact) mass is 821 g/mol. The van der Waals surface area contributed by atoms with Crippen molar-refractivity contribution in [3.63, 3.8) is 0 Å². The van der Waals surface area contributed by atoms with Crippen LogP contribution in [0.4, 0.5) is 0 Å². The fourth-order valence-electron chi connectivity index (χ4n) is 9.46. The van der Waals surface area contributed by atoms with E-state index in [0.717, 1.165) is 50.2 Å². The third kappa shape index (κ3) is 5.80. The summed E-state index contributed by atoms with van der Waals surface area (Å²) in [5.41, 5.74) is 11.7. The van der Waals surface area contributed by atoms with Gasteiger partial charge in [-0.05, 0) is 71.8 Å². The molecule has 0 atom stereocenters. The summed E-state index contributed by atoms with van der Waals surface area (Å²) in [6.45, 7) is 0. The summed E-state index contributed by atoms with van der Waals surface area (Å²) < 4.78 is 7.28.